The molecule has 5 nitrogen and oxygen atoms in total. The van der Waals surface area contributed by atoms with Gasteiger partial charge in [0, 0.05) is 29.9 Å². The number of piperidine rings is 1. The van der Waals surface area contributed by atoms with Gasteiger partial charge in [0.15, 0.2) is 0 Å². The summed E-state index contributed by atoms with van der Waals surface area (Å²) < 4.78 is 5.73. The zero-order chi connectivity index (χ0) is 20.2. The van der Waals surface area contributed by atoms with E-state index in [0.717, 1.165) is 30.8 Å². The summed E-state index contributed by atoms with van der Waals surface area (Å²) in [6.45, 7) is 15.4. The predicted octanol–water partition coefficient (Wildman–Crippen LogP) is 5.56. The highest BCUT2D eigenvalue weighted by atomic mass is 16.6. The average Bonchev–Trinajstić information content (AvgIpc) is 2.60. The number of hydrogen-bond acceptors (Lipinski definition) is 4. The van der Waals surface area contributed by atoms with Crippen molar-refractivity contribution in [2.24, 2.45) is 0 Å². The van der Waals surface area contributed by atoms with Crippen LogP contribution in [0.3, 0.4) is 0 Å². The fraction of sp³-hybridized carbons (Fsp3) is 0.727. The average molecular weight is 376 g/mol. The van der Waals surface area contributed by atoms with Gasteiger partial charge in [-0.3, -0.25) is 9.80 Å². The van der Waals surface area contributed by atoms with Crippen LogP contribution in [0.2, 0.25) is 0 Å². The molecule has 1 aliphatic rings. The number of rotatable bonds is 5. The molecule has 1 amide bonds. The molecule has 2 heterocycles. The van der Waals surface area contributed by atoms with Gasteiger partial charge in [-0.1, -0.05) is 19.4 Å². The van der Waals surface area contributed by atoms with Gasteiger partial charge in [-0.05, 0) is 73.4 Å². The zero-order valence-electron chi connectivity index (χ0n) is 18.2. The molecule has 0 aliphatic carbocycles. The maximum Gasteiger partial charge on any atom is 0.416 e. The van der Waals surface area contributed by atoms with Crippen LogP contribution < -0.4 is 4.90 Å². The molecule has 1 aliphatic heterocycles. The van der Waals surface area contributed by atoms with E-state index in [1.165, 1.54) is 12.8 Å². The Hall–Kier alpha value is -1.62. The molecule has 1 fully saturated rings. The summed E-state index contributed by atoms with van der Waals surface area (Å²) in [7, 11) is 0. The van der Waals surface area contributed by atoms with E-state index in [2.05, 4.69) is 43.6 Å². The largest absolute Gasteiger partial charge is 0.443 e. The number of amides is 1. The lowest BCUT2D eigenvalue weighted by Crippen LogP contribution is -2.44. The molecule has 0 aromatic carbocycles. The third kappa shape index (κ3) is 5.44. The Labute approximate surface area is 165 Å². The van der Waals surface area contributed by atoms with Crippen molar-refractivity contribution in [3.63, 3.8) is 0 Å². The lowest BCUT2D eigenvalue weighted by molar-refractivity contribution is 0.0564. The summed E-state index contributed by atoms with van der Waals surface area (Å²) in [5, 5.41) is 0. The van der Waals surface area contributed by atoms with Crippen LogP contribution in [-0.4, -0.2) is 40.2 Å². The van der Waals surface area contributed by atoms with Gasteiger partial charge in [-0.2, -0.15) is 0 Å². The molecule has 0 bridgehead atoms. The monoisotopic (exact) mass is 375 g/mol. The van der Waals surface area contributed by atoms with Crippen molar-refractivity contribution in [3.05, 3.63) is 23.9 Å². The quantitative estimate of drug-likeness (QED) is 0.676. The molecule has 0 radical (unpaired) electrons. The minimum Gasteiger partial charge on any atom is -0.443 e. The molecule has 0 unspecified atom stereocenters. The molecular formula is C22H37N3O2. The number of carbonyl (C=O) groups is 1. The van der Waals surface area contributed by atoms with Gasteiger partial charge in [0.25, 0.3) is 0 Å². The van der Waals surface area contributed by atoms with Gasteiger partial charge in [-0.25, -0.2) is 9.78 Å². The SMILES string of the molecule is CC[C@@H](C)N(C(=O)OC(C)(C)C)c1ncccc1[C@@H]1CCCCN1C(C)C. The first-order chi connectivity index (χ1) is 12.7. The Morgan fingerprint density at radius 3 is 2.63 bits per heavy atom. The molecule has 1 aromatic heterocycles. The minimum atomic E-state index is -0.535. The van der Waals surface area contributed by atoms with Crippen LogP contribution in [0.25, 0.3) is 0 Å². The van der Waals surface area contributed by atoms with Crippen molar-refractivity contribution in [1.29, 1.82) is 0 Å². The molecule has 1 saturated heterocycles. The Morgan fingerprint density at radius 2 is 2.04 bits per heavy atom. The fourth-order valence-corrected chi connectivity index (χ4v) is 3.75. The van der Waals surface area contributed by atoms with E-state index in [0.29, 0.717) is 6.04 Å². The third-order valence-corrected chi connectivity index (χ3v) is 5.23. The smallest absolute Gasteiger partial charge is 0.416 e. The highest BCUT2D eigenvalue weighted by Gasteiger charge is 2.34. The molecule has 152 valence electrons. The van der Waals surface area contributed by atoms with Crippen molar-refractivity contribution in [3.8, 4) is 0 Å². The molecule has 5 heteroatoms. The van der Waals surface area contributed by atoms with E-state index in [1.54, 1.807) is 11.1 Å². The topological polar surface area (TPSA) is 45.7 Å². The Bertz CT molecular complexity index is 624. The maximum absolute atomic E-state index is 13.1. The lowest BCUT2D eigenvalue weighted by Gasteiger charge is -2.40. The number of anilines is 1. The minimum absolute atomic E-state index is 0.0181. The van der Waals surface area contributed by atoms with E-state index in [4.69, 9.17) is 4.74 Å². The van der Waals surface area contributed by atoms with Crippen molar-refractivity contribution in [2.75, 3.05) is 11.4 Å². The number of pyridine rings is 1. The second kappa shape index (κ2) is 9.05. The van der Waals surface area contributed by atoms with Crippen LogP contribution in [0.5, 0.6) is 0 Å². The summed E-state index contributed by atoms with van der Waals surface area (Å²) >= 11 is 0. The first-order valence-corrected chi connectivity index (χ1v) is 10.4. The van der Waals surface area contributed by atoms with E-state index in [-0.39, 0.29) is 18.2 Å². The van der Waals surface area contributed by atoms with Gasteiger partial charge in [0.2, 0.25) is 0 Å². The molecule has 0 saturated carbocycles. The van der Waals surface area contributed by atoms with Gasteiger partial charge < -0.3 is 4.74 Å². The predicted molar refractivity (Wildman–Crippen MR) is 111 cm³/mol. The van der Waals surface area contributed by atoms with Gasteiger partial charge in [-0.15, -0.1) is 0 Å². The molecule has 27 heavy (non-hydrogen) atoms. The van der Waals surface area contributed by atoms with Crippen LogP contribution in [0.4, 0.5) is 10.6 Å². The molecular weight excluding hydrogens is 338 g/mol. The number of hydrogen-bond donors (Lipinski definition) is 0. The molecule has 0 N–H and O–H groups in total. The number of aromatic nitrogens is 1. The molecule has 1 aromatic rings. The number of carbonyl (C=O) groups excluding carboxylic acids is 1. The first kappa shape index (κ1) is 21.7. The number of nitrogens with zero attached hydrogens (tertiary/aromatic N) is 3. The second-order valence-electron chi connectivity index (χ2n) is 8.87. The normalized spacial score (nSPS) is 19.8. The van der Waals surface area contributed by atoms with Crippen molar-refractivity contribution in [1.82, 2.24) is 9.88 Å². The Morgan fingerprint density at radius 1 is 1.33 bits per heavy atom. The molecule has 0 spiro atoms. The summed E-state index contributed by atoms with van der Waals surface area (Å²) in [6, 6.07) is 4.88. The summed E-state index contributed by atoms with van der Waals surface area (Å²) in [5.74, 6) is 0.749. The fourth-order valence-electron chi connectivity index (χ4n) is 3.75. The van der Waals surface area contributed by atoms with Crippen LogP contribution in [-0.2, 0) is 4.74 Å². The van der Waals surface area contributed by atoms with E-state index >= 15 is 0 Å². The number of likely N-dealkylation sites (tertiary alicyclic amines) is 1. The summed E-state index contributed by atoms with van der Waals surface area (Å²) in [5.41, 5.74) is 0.601. The maximum atomic E-state index is 13.1. The first-order valence-electron chi connectivity index (χ1n) is 10.4. The Balaban J connectivity index is 2.46. The molecule has 2 rings (SSSR count). The molecule has 2 atom stereocenters. The Kier molecular flexibility index (Phi) is 7.26. The van der Waals surface area contributed by atoms with Gasteiger partial charge in [0.05, 0.1) is 0 Å². The van der Waals surface area contributed by atoms with Gasteiger partial charge >= 0.3 is 6.09 Å². The standard InChI is InChI=1S/C22H37N3O2/c1-8-17(4)25(21(26)27-22(5,6)7)20-18(12-11-14-23-20)19-13-9-10-15-24(19)16(2)3/h11-12,14,16-17,19H,8-10,13,15H2,1-7H3/t17-,19+/m1/s1. The summed E-state index contributed by atoms with van der Waals surface area (Å²) in [6.07, 6.45) is 5.83. The van der Waals surface area contributed by atoms with Crippen LogP contribution in [0.15, 0.2) is 18.3 Å². The van der Waals surface area contributed by atoms with E-state index in [9.17, 15) is 4.79 Å². The summed E-state index contributed by atoms with van der Waals surface area (Å²) in [4.78, 5) is 22.0. The lowest BCUT2D eigenvalue weighted by atomic mass is 9.93. The van der Waals surface area contributed by atoms with E-state index < -0.39 is 5.60 Å². The van der Waals surface area contributed by atoms with Crippen molar-refractivity contribution in [2.45, 2.75) is 97.9 Å². The van der Waals surface area contributed by atoms with Crippen LogP contribution >= 0.6 is 0 Å². The van der Waals surface area contributed by atoms with Crippen LogP contribution in [0, 0.1) is 0 Å². The number of ether oxygens (including phenoxy) is 1. The van der Waals surface area contributed by atoms with Gasteiger partial charge in [0.1, 0.15) is 11.4 Å². The highest BCUT2D eigenvalue weighted by Crippen LogP contribution is 2.37. The van der Waals surface area contributed by atoms with Crippen LogP contribution in [0.1, 0.15) is 85.8 Å². The highest BCUT2D eigenvalue weighted by molar-refractivity contribution is 5.88. The van der Waals surface area contributed by atoms with E-state index in [1.807, 2.05) is 26.8 Å². The van der Waals surface area contributed by atoms with Crippen molar-refractivity contribution >= 4 is 11.9 Å². The zero-order valence-corrected chi connectivity index (χ0v) is 18.2. The van der Waals surface area contributed by atoms with Crippen molar-refractivity contribution < 1.29 is 9.53 Å². The third-order valence-electron chi connectivity index (χ3n) is 5.23. The second-order valence-corrected chi connectivity index (χ2v) is 8.87.